The van der Waals surface area contributed by atoms with Gasteiger partial charge in [0.05, 0.1) is 28.9 Å². The molecule has 2 aliphatic rings. The van der Waals surface area contributed by atoms with Gasteiger partial charge in [-0.25, -0.2) is 0 Å². The zero-order chi connectivity index (χ0) is 39.8. The Bertz CT molecular complexity index is 1690. The third-order valence-corrected chi connectivity index (χ3v) is 9.78. The van der Waals surface area contributed by atoms with Crippen LogP contribution in [0.2, 0.25) is 0 Å². The number of benzene rings is 4. The number of hydrogen-bond acceptors (Lipinski definition) is 6. The second-order valence-corrected chi connectivity index (χ2v) is 14.5. The molecule has 0 bridgehead atoms. The van der Waals surface area contributed by atoms with Crippen LogP contribution in [0.25, 0.3) is 0 Å². The number of nitrogens with one attached hydrogen (secondary N) is 1. The quantitative estimate of drug-likeness (QED) is 0.103. The summed E-state index contributed by atoms with van der Waals surface area (Å²) in [6, 6.07) is 30.6. The highest BCUT2D eigenvalue weighted by Gasteiger charge is 2.36. The Morgan fingerprint density at radius 1 is 0.589 bits per heavy atom. The van der Waals surface area contributed by atoms with Crippen LogP contribution in [0.1, 0.15) is 47.9 Å². The fraction of sp³-hybridized carbons (Fsp3) is 0.429. The summed E-state index contributed by atoms with van der Waals surface area (Å²) >= 11 is 3.08. The number of hydrogen-bond donors (Lipinski definition) is 3. The van der Waals surface area contributed by atoms with E-state index in [0.29, 0.717) is 44.2 Å². The smallest absolute Gasteiger partial charge is 0.419 e. The Labute approximate surface area is 339 Å². The van der Waals surface area contributed by atoms with Gasteiger partial charge in [-0.05, 0) is 74.2 Å². The van der Waals surface area contributed by atoms with E-state index < -0.39 is 34.7 Å². The molecular formula is C42H50BrClF6N2O4. The second kappa shape index (κ2) is 22.6. The molecule has 2 aliphatic heterocycles. The van der Waals surface area contributed by atoms with Gasteiger partial charge in [-0.1, -0.05) is 101 Å². The van der Waals surface area contributed by atoms with E-state index >= 15 is 0 Å². The van der Waals surface area contributed by atoms with Gasteiger partial charge in [0, 0.05) is 37.8 Å². The highest BCUT2D eigenvalue weighted by atomic mass is 79.9. The van der Waals surface area contributed by atoms with Gasteiger partial charge < -0.3 is 25.0 Å². The van der Waals surface area contributed by atoms with Crippen molar-refractivity contribution in [1.29, 1.82) is 0 Å². The summed E-state index contributed by atoms with van der Waals surface area (Å²) in [5.41, 5.74) is -0.340. The monoisotopic (exact) mass is 874 g/mol. The lowest BCUT2D eigenvalue weighted by molar-refractivity contribution is -0.139. The standard InChI is InChI=1S/C21H24F3NO2.C12H17NO.C9H8BrF3O.ClH/c22-21(23,24)18-8-4-5-9-19(18)27-15-14-25-12-10-20(26,11-13-25)16-17-6-2-1-3-7-17;14-12(6-8-13-9-7-12)10-11-4-2-1-3-5-11;10-5-6-14-8-4-2-1-3-7(8)9(11,12)13;/h1-9,26H,10-16H2;1-5,13-14H,6-10H2;1-4H,5-6H2;1H. The molecule has 2 heterocycles. The highest BCUT2D eigenvalue weighted by molar-refractivity contribution is 9.09. The Morgan fingerprint density at radius 2 is 0.982 bits per heavy atom. The molecule has 4 aromatic rings. The average Bonchev–Trinajstić information content (AvgIpc) is 3.16. The number of aliphatic hydroxyl groups is 2. The maximum absolute atomic E-state index is 13.0. The van der Waals surface area contributed by atoms with Gasteiger partial charge in [-0.3, -0.25) is 4.90 Å². The summed E-state index contributed by atoms with van der Waals surface area (Å²) in [6.45, 7) is 4.21. The van der Waals surface area contributed by atoms with Crippen LogP contribution in [0.5, 0.6) is 11.5 Å². The molecule has 0 spiro atoms. The normalized spacial score (nSPS) is 16.5. The van der Waals surface area contributed by atoms with Crippen LogP contribution < -0.4 is 14.8 Å². The number of nitrogens with zero attached hydrogens (tertiary/aromatic N) is 1. The molecule has 0 radical (unpaired) electrons. The van der Waals surface area contributed by atoms with Gasteiger partial charge in [-0.15, -0.1) is 12.4 Å². The van der Waals surface area contributed by atoms with E-state index in [4.69, 9.17) is 9.47 Å². The molecule has 6 rings (SSSR count). The third-order valence-electron chi connectivity index (χ3n) is 9.46. The molecule has 2 fully saturated rings. The molecule has 56 heavy (non-hydrogen) atoms. The van der Waals surface area contributed by atoms with Crippen LogP contribution in [0.3, 0.4) is 0 Å². The molecule has 0 aromatic heterocycles. The van der Waals surface area contributed by atoms with Crippen molar-refractivity contribution in [1.82, 2.24) is 10.2 Å². The van der Waals surface area contributed by atoms with Gasteiger partial charge in [0.25, 0.3) is 0 Å². The third kappa shape index (κ3) is 15.9. The number of likely N-dealkylation sites (tertiary alicyclic amines) is 1. The van der Waals surface area contributed by atoms with E-state index in [2.05, 4.69) is 38.3 Å². The molecule has 0 saturated carbocycles. The Balaban J connectivity index is 0.000000245. The molecule has 0 atom stereocenters. The van der Waals surface area contributed by atoms with E-state index in [1.807, 2.05) is 48.5 Å². The predicted octanol–water partition coefficient (Wildman–Crippen LogP) is 9.40. The molecule has 0 aliphatic carbocycles. The van der Waals surface area contributed by atoms with E-state index in [9.17, 15) is 36.6 Å². The maximum atomic E-state index is 13.0. The van der Waals surface area contributed by atoms with Gasteiger partial charge >= 0.3 is 12.4 Å². The minimum absolute atomic E-state index is 0. The van der Waals surface area contributed by atoms with Crippen LogP contribution in [0, 0.1) is 0 Å². The Morgan fingerprint density at radius 3 is 1.41 bits per heavy atom. The van der Waals surface area contributed by atoms with Crippen molar-refractivity contribution in [3.05, 3.63) is 131 Å². The topological polar surface area (TPSA) is 74.2 Å². The van der Waals surface area contributed by atoms with Gasteiger partial charge in [0.15, 0.2) is 0 Å². The SMILES string of the molecule is Cl.FC(F)(F)c1ccccc1OCCBr.OC1(Cc2ccccc2)CCN(CCOc2ccccc2C(F)(F)F)CC1.OC1(Cc2ccccc2)CCNCC1. The number of piperidine rings is 2. The highest BCUT2D eigenvalue weighted by Crippen LogP contribution is 2.37. The van der Waals surface area contributed by atoms with Crippen molar-refractivity contribution in [3.63, 3.8) is 0 Å². The Kier molecular flexibility index (Phi) is 19.0. The van der Waals surface area contributed by atoms with Gasteiger partial charge in [0.1, 0.15) is 18.1 Å². The fourth-order valence-corrected chi connectivity index (χ4v) is 6.64. The summed E-state index contributed by atoms with van der Waals surface area (Å²) in [4.78, 5) is 2.12. The summed E-state index contributed by atoms with van der Waals surface area (Å²) in [7, 11) is 0. The van der Waals surface area contributed by atoms with E-state index in [-0.39, 0.29) is 37.1 Å². The first-order valence-corrected chi connectivity index (χ1v) is 19.4. The predicted molar refractivity (Wildman–Crippen MR) is 213 cm³/mol. The zero-order valence-electron chi connectivity index (χ0n) is 31.0. The van der Waals surface area contributed by atoms with Crippen molar-refractivity contribution in [2.75, 3.05) is 51.3 Å². The zero-order valence-corrected chi connectivity index (χ0v) is 33.4. The molecule has 14 heteroatoms. The number of rotatable bonds is 11. The maximum Gasteiger partial charge on any atom is 0.419 e. The van der Waals surface area contributed by atoms with Crippen LogP contribution in [-0.2, 0) is 25.2 Å². The van der Waals surface area contributed by atoms with Gasteiger partial charge in [-0.2, -0.15) is 26.3 Å². The first-order valence-electron chi connectivity index (χ1n) is 18.3. The molecule has 4 aromatic carbocycles. The first-order chi connectivity index (χ1) is 26.2. The molecule has 6 nitrogen and oxygen atoms in total. The molecule has 308 valence electrons. The van der Waals surface area contributed by atoms with Crippen LogP contribution in [-0.4, -0.2) is 77.6 Å². The van der Waals surface area contributed by atoms with Crippen LogP contribution in [0.15, 0.2) is 109 Å². The second-order valence-electron chi connectivity index (χ2n) is 13.7. The largest absolute Gasteiger partial charge is 0.492 e. The lowest BCUT2D eigenvalue weighted by Crippen LogP contribution is -2.46. The number of alkyl halides is 7. The number of halogens is 8. The number of para-hydroxylation sites is 2. The van der Waals surface area contributed by atoms with Crippen molar-refractivity contribution >= 4 is 28.3 Å². The van der Waals surface area contributed by atoms with E-state index in [1.165, 1.54) is 42.0 Å². The summed E-state index contributed by atoms with van der Waals surface area (Å²) in [5.74, 6) is -0.262. The molecule has 0 unspecified atom stereocenters. The Hall–Kier alpha value is -3.33. The van der Waals surface area contributed by atoms with E-state index in [0.717, 1.165) is 50.0 Å². The lowest BCUT2D eigenvalue weighted by Gasteiger charge is -2.38. The average molecular weight is 876 g/mol. The molecule has 0 amide bonds. The fourth-order valence-electron chi connectivity index (χ4n) is 6.48. The molecule has 3 N–H and O–H groups in total. The summed E-state index contributed by atoms with van der Waals surface area (Å²) < 4.78 is 86.4. The minimum atomic E-state index is -4.42. The van der Waals surface area contributed by atoms with Crippen molar-refractivity contribution in [3.8, 4) is 11.5 Å². The minimum Gasteiger partial charge on any atom is -0.492 e. The lowest BCUT2D eigenvalue weighted by atomic mass is 9.85. The van der Waals surface area contributed by atoms with Crippen LogP contribution in [0.4, 0.5) is 26.3 Å². The van der Waals surface area contributed by atoms with Crippen molar-refractivity contribution in [2.45, 2.75) is 62.1 Å². The molecular weight excluding hydrogens is 826 g/mol. The van der Waals surface area contributed by atoms with Crippen molar-refractivity contribution < 1.29 is 46.0 Å². The van der Waals surface area contributed by atoms with Crippen LogP contribution >= 0.6 is 28.3 Å². The van der Waals surface area contributed by atoms with E-state index in [1.54, 1.807) is 0 Å². The van der Waals surface area contributed by atoms with Gasteiger partial charge in [0.2, 0.25) is 0 Å². The number of ether oxygens (including phenoxy) is 2. The summed E-state index contributed by atoms with van der Waals surface area (Å²) in [6.07, 6.45) is -4.36. The van der Waals surface area contributed by atoms with Crippen molar-refractivity contribution in [2.24, 2.45) is 0 Å². The summed E-state index contributed by atoms with van der Waals surface area (Å²) in [5, 5.41) is 24.8. The first kappa shape index (κ1) is 47.0. The molecule has 2 saturated heterocycles.